The Morgan fingerprint density at radius 1 is 1.43 bits per heavy atom. The summed E-state index contributed by atoms with van der Waals surface area (Å²) in [7, 11) is 1.24. The molecule has 0 aliphatic carbocycles. The van der Waals surface area contributed by atoms with E-state index in [-0.39, 0.29) is 18.2 Å². The van der Waals surface area contributed by atoms with Crippen molar-refractivity contribution < 1.29 is 19.1 Å². The quantitative estimate of drug-likeness (QED) is 0.592. The number of anilines is 1. The van der Waals surface area contributed by atoms with Crippen LogP contribution in [0.2, 0.25) is 0 Å². The number of hydrogen-bond acceptors (Lipinski definition) is 5. The summed E-state index contributed by atoms with van der Waals surface area (Å²) in [6.45, 7) is 0.662. The molecule has 0 aromatic heterocycles. The molecule has 0 unspecified atom stereocenters. The van der Waals surface area contributed by atoms with Gasteiger partial charge in [-0.15, -0.1) is 0 Å². The Morgan fingerprint density at radius 3 is 2.81 bits per heavy atom. The zero-order valence-corrected chi connectivity index (χ0v) is 11.7. The van der Waals surface area contributed by atoms with Crippen LogP contribution in [0, 0.1) is 0 Å². The van der Waals surface area contributed by atoms with Crippen molar-refractivity contribution in [3.63, 3.8) is 0 Å². The minimum absolute atomic E-state index is 0.180. The second kappa shape index (κ2) is 6.25. The van der Waals surface area contributed by atoms with Gasteiger partial charge >= 0.3 is 5.97 Å². The summed E-state index contributed by atoms with van der Waals surface area (Å²) in [6, 6.07) is 5.76. The van der Waals surface area contributed by atoms with Crippen LogP contribution < -0.4 is 11.1 Å². The van der Waals surface area contributed by atoms with E-state index >= 15 is 0 Å². The number of rotatable bonds is 3. The largest absolute Gasteiger partial charge is 0.469 e. The van der Waals surface area contributed by atoms with Gasteiger partial charge in [0.1, 0.15) is 6.04 Å². The number of esters is 1. The lowest BCUT2D eigenvalue weighted by Crippen LogP contribution is -2.57. The van der Waals surface area contributed by atoms with E-state index in [0.29, 0.717) is 24.3 Å². The predicted octanol–water partition coefficient (Wildman–Crippen LogP) is -0.227. The van der Waals surface area contributed by atoms with Gasteiger partial charge < -0.3 is 20.7 Å². The molecule has 7 heteroatoms. The number of ether oxygens (including phenoxy) is 1. The topological polar surface area (TPSA) is 102 Å². The molecule has 1 atom stereocenters. The van der Waals surface area contributed by atoms with Gasteiger partial charge in [-0.05, 0) is 12.1 Å². The molecule has 3 N–H and O–H groups in total. The van der Waals surface area contributed by atoms with Crippen LogP contribution in [0.15, 0.2) is 24.3 Å². The first-order chi connectivity index (χ1) is 10.0. The van der Waals surface area contributed by atoms with Crippen LogP contribution in [0.3, 0.4) is 0 Å². The fourth-order valence-electron chi connectivity index (χ4n) is 2.25. The van der Waals surface area contributed by atoms with E-state index in [4.69, 9.17) is 5.73 Å². The molecule has 2 rings (SSSR count). The molecular formula is C14H17N3O4. The van der Waals surface area contributed by atoms with Crippen LogP contribution in [0.1, 0.15) is 16.8 Å². The van der Waals surface area contributed by atoms with Crippen molar-refractivity contribution in [3.05, 3.63) is 29.8 Å². The number of para-hydroxylation sites is 1. The van der Waals surface area contributed by atoms with Crippen molar-refractivity contribution in [2.45, 2.75) is 12.5 Å². The van der Waals surface area contributed by atoms with Gasteiger partial charge in [-0.3, -0.25) is 14.4 Å². The highest BCUT2D eigenvalue weighted by atomic mass is 16.5. The molecule has 0 radical (unpaired) electrons. The van der Waals surface area contributed by atoms with Crippen LogP contribution in [0.25, 0.3) is 0 Å². The number of benzene rings is 1. The van der Waals surface area contributed by atoms with E-state index in [1.807, 2.05) is 0 Å². The summed E-state index contributed by atoms with van der Waals surface area (Å²) >= 11 is 0. The fourth-order valence-corrected chi connectivity index (χ4v) is 2.25. The average molecular weight is 291 g/mol. The zero-order chi connectivity index (χ0) is 15.4. The highest BCUT2D eigenvalue weighted by Crippen LogP contribution is 2.18. The second-order valence-electron chi connectivity index (χ2n) is 4.67. The summed E-state index contributed by atoms with van der Waals surface area (Å²) in [5, 5.41) is 2.64. The van der Waals surface area contributed by atoms with Crippen molar-refractivity contribution in [1.29, 1.82) is 0 Å². The Morgan fingerprint density at radius 2 is 2.14 bits per heavy atom. The molecule has 2 amide bonds. The van der Waals surface area contributed by atoms with E-state index in [2.05, 4.69) is 10.1 Å². The van der Waals surface area contributed by atoms with E-state index < -0.39 is 12.0 Å². The minimum atomic E-state index is -0.877. The maximum atomic E-state index is 12.6. The third-order valence-corrected chi connectivity index (χ3v) is 3.37. The summed E-state index contributed by atoms with van der Waals surface area (Å²) in [4.78, 5) is 37.3. The lowest BCUT2D eigenvalue weighted by atomic mass is 10.1. The first-order valence-electron chi connectivity index (χ1n) is 6.54. The Kier molecular flexibility index (Phi) is 4.42. The molecule has 1 fully saturated rings. The first kappa shape index (κ1) is 14.8. The van der Waals surface area contributed by atoms with Gasteiger partial charge in [0.2, 0.25) is 5.91 Å². The Hall–Kier alpha value is -2.57. The molecule has 21 heavy (non-hydrogen) atoms. The van der Waals surface area contributed by atoms with E-state index in [0.717, 1.165) is 0 Å². The standard InChI is InChI=1S/C14H17N3O4/c1-21-12(18)8-11-13(19)16-6-7-17(11)14(20)9-4-2-3-5-10(9)15/h2-5,11H,6-8,15H2,1H3,(H,16,19)/t11-/m1/s1. The highest BCUT2D eigenvalue weighted by molar-refractivity contribution is 6.02. The maximum Gasteiger partial charge on any atom is 0.308 e. The smallest absolute Gasteiger partial charge is 0.308 e. The summed E-state index contributed by atoms with van der Waals surface area (Å²) < 4.78 is 4.58. The zero-order valence-electron chi connectivity index (χ0n) is 11.7. The Balaban J connectivity index is 2.26. The number of hydrogen-bond donors (Lipinski definition) is 2. The molecule has 112 valence electrons. The number of nitrogens with zero attached hydrogens (tertiary/aromatic N) is 1. The molecule has 1 saturated heterocycles. The lowest BCUT2D eigenvalue weighted by molar-refractivity contribution is -0.145. The van der Waals surface area contributed by atoms with Gasteiger partial charge in [-0.1, -0.05) is 12.1 Å². The number of carbonyl (C=O) groups excluding carboxylic acids is 3. The van der Waals surface area contributed by atoms with Gasteiger partial charge in [-0.25, -0.2) is 0 Å². The van der Waals surface area contributed by atoms with Crippen LogP contribution in [0.4, 0.5) is 5.69 Å². The van der Waals surface area contributed by atoms with Crippen molar-refractivity contribution >= 4 is 23.5 Å². The molecule has 1 aromatic rings. The maximum absolute atomic E-state index is 12.6. The number of methoxy groups -OCH3 is 1. The van der Waals surface area contributed by atoms with Crippen LogP contribution in [-0.2, 0) is 14.3 Å². The monoisotopic (exact) mass is 291 g/mol. The molecular weight excluding hydrogens is 274 g/mol. The van der Waals surface area contributed by atoms with Crippen molar-refractivity contribution in [3.8, 4) is 0 Å². The number of piperazine rings is 1. The number of nitrogens with two attached hydrogens (primary N) is 1. The highest BCUT2D eigenvalue weighted by Gasteiger charge is 2.35. The molecule has 1 aliphatic heterocycles. The predicted molar refractivity (Wildman–Crippen MR) is 75.3 cm³/mol. The molecule has 7 nitrogen and oxygen atoms in total. The third-order valence-electron chi connectivity index (χ3n) is 3.37. The van der Waals surface area contributed by atoms with Crippen molar-refractivity contribution in [1.82, 2.24) is 10.2 Å². The SMILES string of the molecule is COC(=O)C[C@@H]1C(=O)NCCN1C(=O)c1ccccc1N. The number of nitrogens with one attached hydrogen (secondary N) is 1. The Bertz CT molecular complexity index is 573. The van der Waals surface area contributed by atoms with E-state index in [1.54, 1.807) is 24.3 Å². The van der Waals surface area contributed by atoms with Gasteiger partial charge in [0, 0.05) is 18.8 Å². The molecule has 0 spiro atoms. The van der Waals surface area contributed by atoms with Gasteiger partial charge in [0.15, 0.2) is 0 Å². The second-order valence-corrected chi connectivity index (χ2v) is 4.67. The number of nitrogen functional groups attached to an aromatic ring is 1. The van der Waals surface area contributed by atoms with E-state index in [9.17, 15) is 14.4 Å². The minimum Gasteiger partial charge on any atom is -0.469 e. The summed E-state index contributed by atoms with van der Waals surface area (Å²) in [5.41, 5.74) is 6.46. The summed E-state index contributed by atoms with van der Waals surface area (Å²) in [6.07, 6.45) is -0.180. The molecule has 1 aromatic carbocycles. The number of amides is 2. The molecule has 0 bridgehead atoms. The lowest BCUT2D eigenvalue weighted by Gasteiger charge is -2.34. The Labute approximate surface area is 122 Å². The van der Waals surface area contributed by atoms with Crippen LogP contribution in [-0.4, -0.2) is 48.9 Å². The van der Waals surface area contributed by atoms with E-state index in [1.165, 1.54) is 12.0 Å². The third kappa shape index (κ3) is 3.13. The fraction of sp³-hybridized carbons (Fsp3) is 0.357. The van der Waals surface area contributed by atoms with Crippen molar-refractivity contribution in [2.75, 3.05) is 25.9 Å². The first-order valence-corrected chi connectivity index (χ1v) is 6.54. The molecule has 1 heterocycles. The van der Waals surface area contributed by atoms with Crippen LogP contribution in [0.5, 0.6) is 0 Å². The normalized spacial score (nSPS) is 18.0. The average Bonchev–Trinajstić information content (AvgIpc) is 2.49. The van der Waals surface area contributed by atoms with Crippen LogP contribution >= 0.6 is 0 Å². The molecule has 1 aliphatic rings. The van der Waals surface area contributed by atoms with Gasteiger partial charge in [0.05, 0.1) is 19.1 Å². The van der Waals surface area contributed by atoms with Crippen molar-refractivity contribution in [2.24, 2.45) is 0 Å². The van der Waals surface area contributed by atoms with Gasteiger partial charge in [0.25, 0.3) is 5.91 Å². The number of carbonyl (C=O) groups is 3. The van der Waals surface area contributed by atoms with Gasteiger partial charge in [-0.2, -0.15) is 0 Å². The summed E-state index contributed by atoms with van der Waals surface area (Å²) in [5.74, 6) is -1.28. The molecule has 0 saturated carbocycles.